The van der Waals surface area contributed by atoms with Crippen molar-refractivity contribution in [2.45, 2.75) is 158 Å². The van der Waals surface area contributed by atoms with Crippen molar-refractivity contribution >= 4 is 83.0 Å². The Labute approximate surface area is 484 Å². The van der Waals surface area contributed by atoms with E-state index in [-0.39, 0.29) is 80.1 Å². The Hall–Kier alpha value is -6.29. The second-order valence-electron chi connectivity index (χ2n) is 22.5. The SMILES string of the molecule is C[C@@H](O)[C@H]1C(=O)N(CC(=O)NCCCCCCCCCCC(=O)N2CCN(c3nc(NCCCC[C@@H]4SC[C@@H]5NC(=O)N[C@@H]54)nc(N4CCN(C(=O)[C@H](CCCCN)N5CC(=O)N(C)[C@@H](CCC(=O)O)C5=O)CC4)n3)CC2)CC(=O)N1C. The molecule has 6 fully saturated rings. The van der Waals surface area contributed by atoms with Crippen LogP contribution in [0, 0.1) is 0 Å². The van der Waals surface area contributed by atoms with Crippen LogP contribution in [0.4, 0.5) is 22.6 Å². The van der Waals surface area contributed by atoms with Crippen LogP contribution in [0.2, 0.25) is 0 Å². The number of aliphatic hydroxyl groups is 1. The quantitative estimate of drug-likeness (QED) is 0.0368. The molecule has 0 unspecified atom stereocenters. The lowest BCUT2D eigenvalue weighted by Gasteiger charge is -2.43. The molecule has 7 atom stereocenters. The lowest BCUT2D eigenvalue weighted by molar-refractivity contribution is -0.161. The highest BCUT2D eigenvalue weighted by Crippen LogP contribution is 2.33. The summed E-state index contributed by atoms with van der Waals surface area (Å²) in [4.78, 5) is 143. The normalized spacial score (nSPS) is 23.0. The maximum Gasteiger partial charge on any atom is 0.315 e. The van der Waals surface area contributed by atoms with Crippen molar-refractivity contribution < 1.29 is 53.4 Å². The van der Waals surface area contributed by atoms with Crippen molar-refractivity contribution in [3.8, 4) is 0 Å². The molecule has 0 bridgehead atoms. The van der Waals surface area contributed by atoms with Gasteiger partial charge < -0.3 is 76.4 Å². The molecule has 28 heteroatoms. The minimum atomic E-state index is -1.08. The van der Waals surface area contributed by atoms with Crippen LogP contribution in [-0.4, -0.2) is 261 Å². The van der Waals surface area contributed by atoms with Gasteiger partial charge in [-0.3, -0.25) is 38.4 Å². The van der Waals surface area contributed by atoms with Gasteiger partial charge in [0.1, 0.15) is 37.8 Å². The summed E-state index contributed by atoms with van der Waals surface area (Å²) in [7, 11) is 2.97. The molecule has 6 saturated heterocycles. The third kappa shape index (κ3) is 17.2. The van der Waals surface area contributed by atoms with Gasteiger partial charge in [0.25, 0.3) is 0 Å². The van der Waals surface area contributed by atoms with E-state index in [1.165, 1.54) is 40.6 Å². The van der Waals surface area contributed by atoms with Gasteiger partial charge in [-0.05, 0) is 64.8 Å². The molecule has 1 aromatic rings. The minimum absolute atomic E-state index is 0.0561. The lowest BCUT2D eigenvalue weighted by atomic mass is 10.00. The molecule has 7 rings (SSSR count). The van der Waals surface area contributed by atoms with Crippen LogP contribution in [0.25, 0.3) is 0 Å². The highest BCUT2D eigenvalue weighted by atomic mass is 32.2. The maximum absolute atomic E-state index is 14.4. The van der Waals surface area contributed by atoms with Crippen molar-refractivity contribution in [1.82, 2.24) is 60.3 Å². The van der Waals surface area contributed by atoms with Gasteiger partial charge in [-0.25, -0.2) is 4.79 Å². The van der Waals surface area contributed by atoms with Crippen molar-refractivity contribution in [2.24, 2.45) is 5.73 Å². The summed E-state index contributed by atoms with van der Waals surface area (Å²) in [6, 6.07) is -2.68. The van der Waals surface area contributed by atoms with Gasteiger partial charge in [0.2, 0.25) is 59.2 Å². The summed E-state index contributed by atoms with van der Waals surface area (Å²) in [5.74, 6) is -0.857. The number of carboxylic acids is 1. The Kier molecular flexibility index (Phi) is 23.8. The number of anilines is 3. The number of aromatic nitrogens is 3. The summed E-state index contributed by atoms with van der Waals surface area (Å²) < 4.78 is 0. The minimum Gasteiger partial charge on any atom is -0.481 e. The van der Waals surface area contributed by atoms with Crippen LogP contribution in [-0.2, 0) is 38.4 Å². The standard InChI is InChI=1S/C54H88N16O11S/c1-36(71)47-50(80)69(33-43(74)64(47)3)32-41(72)56-22-14-9-7-5-4-6-8-10-18-42(73)65-24-28-67(29-25-65)52-60-51(57-23-15-12-17-40-46-37(35-82-40)58-54(81)59-46)61-53(62-52)68-30-26-66(27-31-68)48(78)39(16-11-13-21-55)70-34-44(75)63(2)38(49(70)79)19-20-45(76)77/h36-40,46-47,71H,4-35,55H2,1-3H3,(H,56,72)(H,76,77)(H2,58,59,81)(H,57,60,61,62)/t36-,37+,38+,39+,40+,46+,47+/m1/s1. The maximum atomic E-state index is 14.4. The van der Waals surface area contributed by atoms with Crippen LogP contribution >= 0.6 is 11.8 Å². The number of thioether (sulfide) groups is 1. The van der Waals surface area contributed by atoms with Crippen molar-refractivity contribution in [1.29, 1.82) is 0 Å². The van der Waals surface area contributed by atoms with Gasteiger partial charge >= 0.3 is 12.0 Å². The van der Waals surface area contributed by atoms with E-state index in [1.807, 2.05) is 21.6 Å². The average molecular weight is 1170 g/mol. The zero-order chi connectivity index (χ0) is 58.9. The number of aliphatic carboxylic acids is 1. The van der Waals surface area contributed by atoms with E-state index < -0.39 is 42.0 Å². The first-order valence-corrected chi connectivity index (χ1v) is 30.7. The first-order valence-electron chi connectivity index (χ1n) is 29.7. The number of unbranched alkanes of at least 4 members (excludes halogenated alkanes) is 9. The molecule has 0 saturated carbocycles. The molecule has 82 heavy (non-hydrogen) atoms. The van der Waals surface area contributed by atoms with E-state index in [0.29, 0.717) is 121 Å². The topological polar surface area (TPSA) is 333 Å². The predicted molar refractivity (Wildman–Crippen MR) is 306 cm³/mol. The zero-order valence-corrected chi connectivity index (χ0v) is 49.0. The number of urea groups is 1. The Balaban J connectivity index is 0.859. The fourth-order valence-electron chi connectivity index (χ4n) is 11.7. The number of carbonyl (C=O) groups is 9. The molecular weight excluding hydrogens is 1080 g/mol. The van der Waals surface area contributed by atoms with Crippen molar-refractivity contribution in [3.63, 3.8) is 0 Å². The molecule has 6 aliphatic heterocycles. The van der Waals surface area contributed by atoms with Gasteiger partial charge in [0.15, 0.2) is 0 Å². The second-order valence-corrected chi connectivity index (χ2v) is 23.8. The number of nitrogens with one attached hydrogen (secondary N) is 4. The monoisotopic (exact) mass is 1170 g/mol. The van der Waals surface area contributed by atoms with Crippen molar-refractivity contribution in [2.75, 3.05) is 127 Å². The van der Waals surface area contributed by atoms with Crippen molar-refractivity contribution in [3.05, 3.63) is 0 Å². The molecule has 0 spiro atoms. The molecular formula is C54H88N16O11S. The van der Waals surface area contributed by atoms with Crippen LogP contribution in [0.5, 0.6) is 0 Å². The van der Waals surface area contributed by atoms with Gasteiger partial charge in [0.05, 0.1) is 18.2 Å². The Morgan fingerprint density at radius 1 is 0.707 bits per heavy atom. The fourth-order valence-corrected chi connectivity index (χ4v) is 13.3. The molecule has 0 aliphatic carbocycles. The lowest BCUT2D eigenvalue weighted by Crippen LogP contribution is -2.64. The molecule has 27 nitrogen and oxygen atoms in total. The number of hydrogen-bond donors (Lipinski definition) is 7. The molecule has 0 radical (unpaired) electrons. The number of amides is 9. The number of fused-ring (bicyclic) bond motifs is 1. The largest absolute Gasteiger partial charge is 0.481 e. The van der Waals surface area contributed by atoms with Crippen LogP contribution < -0.4 is 36.8 Å². The van der Waals surface area contributed by atoms with E-state index in [1.54, 1.807) is 4.90 Å². The van der Waals surface area contributed by atoms with E-state index in [0.717, 1.165) is 76.4 Å². The van der Waals surface area contributed by atoms with Gasteiger partial charge in [-0.1, -0.05) is 44.9 Å². The van der Waals surface area contributed by atoms with Crippen LogP contribution in [0.3, 0.4) is 0 Å². The average Bonchev–Trinajstić information content (AvgIpc) is 3.83. The number of aliphatic hydroxyl groups excluding tert-OH is 1. The zero-order valence-electron chi connectivity index (χ0n) is 48.1. The molecule has 0 aromatic carbocycles. The predicted octanol–water partition coefficient (Wildman–Crippen LogP) is -0.375. The summed E-state index contributed by atoms with van der Waals surface area (Å²) in [6.07, 6.45) is 11.0. The van der Waals surface area contributed by atoms with Gasteiger partial charge in [0, 0.05) is 103 Å². The highest BCUT2D eigenvalue weighted by Gasteiger charge is 2.45. The molecule has 8 N–H and O–H groups in total. The van der Waals surface area contributed by atoms with Gasteiger partial charge in [-0.2, -0.15) is 26.7 Å². The third-order valence-corrected chi connectivity index (χ3v) is 18.1. The third-order valence-electron chi connectivity index (χ3n) is 16.6. The Bertz CT molecular complexity index is 2390. The molecule has 6 aliphatic rings. The molecule has 456 valence electrons. The number of nitrogens with two attached hydrogens (primary N) is 1. The number of nitrogens with zero attached hydrogens (tertiary/aromatic N) is 11. The van der Waals surface area contributed by atoms with E-state index in [2.05, 4.69) is 26.2 Å². The van der Waals surface area contributed by atoms with Crippen LogP contribution in [0.1, 0.15) is 116 Å². The van der Waals surface area contributed by atoms with Gasteiger partial charge in [-0.15, -0.1) is 0 Å². The number of rotatable bonds is 31. The summed E-state index contributed by atoms with van der Waals surface area (Å²) in [5, 5.41) is 32.0. The van der Waals surface area contributed by atoms with E-state index >= 15 is 0 Å². The summed E-state index contributed by atoms with van der Waals surface area (Å²) >= 11 is 1.89. The summed E-state index contributed by atoms with van der Waals surface area (Å²) in [6.45, 7) is 5.75. The molecule has 9 amide bonds. The number of hydrogen-bond acceptors (Lipinski definition) is 18. The number of likely N-dealkylation sites (N-methyl/N-ethyl adjacent to an activating group) is 2. The van der Waals surface area contributed by atoms with E-state index in [4.69, 9.17) is 20.7 Å². The second kappa shape index (κ2) is 30.8. The molecule has 1 aromatic heterocycles. The smallest absolute Gasteiger partial charge is 0.315 e. The number of carbonyl (C=O) groups excluding carboxylic acids is 8. The molecule has 7 heterocycles. The first-order chi connectivity index (χ1) is 39.4. The first kappa shape index (κ1) is 63.3. The Morgan fingerprint density at radius 3 is 1.98 bits per heavy atom. The van der Waals surface area contributed by atoms with E-state index in [9.17, 15) is 53.4 Å². The Morgan fingerprint density at radius 2 is 1.33 bits per heavy atom. The van der Waals surface area contributed by atoms with Crippen LogP contribution in [0.15, 0.2) is 0 Å². The number of piperazine rings is 4. The number of carboxylic acid groups (broad SMARTS) is 1. The summed E-state index contributed by atoms with van der Waals surface area (Å²) in [5.41, 5.74) is 5.81. The highest BCUT2D eigenvalue weighted by molar-refractivity contribution is 8.00. The fraction of sp³-hybridized carbons (Fsp3) is 0.778.